The minimum atomic E-state index is -0.818. The van der Waals surface area contributed by atoms with Gasteiger partial charge in [-0.3, -0.25) is 4.79 Å². The number of Topliss-reactive ketones (excluding diaryl/α,β-unsaturated/α-hetero) is 1. The van der Waals surface area contributed by atoms with Gasteiger partial charge >= 0.3 is 0 Å². The molecule has 5 fully saturated rings. The van der Waals surface area contributed by atoms with E-state index < -0.39 is 16.8 Å². The second-order valence-corrected chi connectivity index (χ2v) is 9.89. The molecule has 7 rings (SSSR count). The van der Waals surface area contributed by atoms with E-state index in [1.54, 1.807) is 0 Å². The van der Waals surface area contributed by atoms with Gasteiger partial charge in [-0.2, -0.15) is 0 Å². The van der Waals surface area contributed by atoms with Gasteiger partial charge in [0.05, 0.1) is 12.4 Å². The van der Waals surface area contributed by atoms with E-state index in [4.69, 9.17) is 18.6 Å². The minimum absolute atomic E-state index is 0.0545. The highest BCUT2D eigenvalue weighted by molar-refractivity contribution is 6.05. The molecule has 1 aromatic heterocycles. The van der Waals surface area contributed by atoms with E-state index in [-0.39, 0.29) is 48.0 Å². The minimum Gasteiger partial charge on any atom is -0.466 e. The van der Waals surface area contributed by atoms with Crippen LogP contribution in [0.2, 0.25) is 0 Å². The van der Waals surface area contributed by atoms with Crippen LogP contribution in [0, 0.1) is 11.3 Å². The van der Waals surface area contributed by atoms with Crippen molar-refractivity contribution in [3.8, 4) is 0 Å². The maximum atomic E-state index is 13.7. The smallest absolute Gasteiger partial charge is 0.205 e. The maximum absolute atomic E-state index is 13.7. The number of carbonyl (C=O) groups excluding carboxylic acids is 1. The largest absolute Gasteiger partial charge is 0.466 e. The highest BCUT2D eigenvalue weighted by atomic mass is 16.7. The summed E-state index contributed by atoms with van der Waals surface area (Å²) < 4.78 is 24.5. The average molecular weight is 372 g/mol. The Balaban J connectivity index is 1.39. The first-order valence-corrected chi connectivity index (χ1v) is 10.2. The number of rotatable bonds is 2. The van der Waals surface area contributed by atoms with Crippen LogP contribution in [0.5, 0.6) is 0 Å². The molecule has 6 heteroatoms. The van der Waals surface area contributed by atoms with Crippen molar-refractivity contribution in [2.45, 2.75) is 87.7 Å². The van der Waals surface area contributed by atoms with Crippen molar-refractivity contribution in [3.05, 3.63) is 23.2 Å². The fraction of sp³-hybridized carbons (Fsp3) is 0.762. The van der Waals surface area contributed by atoms with Crippen LogP contribution in [0.15, 0.2) is 10.7 Å². The van der Waals surface area contributed by atoms with Crippen molar-refractivity contribution in [2.24, 2.45) is 11.3 Å². The molecule has 144 valence electrons. The predicted octanol–water partition coefficient (Wildman–Crippen LogP) is 1.86. The highest BCUT2D eigenvalue weighted by Gasteiger charge is 3.00. The van der Waals surface area contributed by atoms with E-state index >= 15 is 0 Å². The summed E-state index contributed by atoms with van der Waals surface area (Å²) in [6.07, 6.45) is 4.06. The molecular weight excluding hydrogens is 348 g/mol. The maximum Gasteiger partial charge on any atom is 0.205 e. The lowest BCUT2D eigenvalue weighted by atomic mass is 9.47. The molecule has 1 N–H and O–H groups in total. The van der Waals surface area contributed by atoms with Crippen LogP contribution in [-0.2, 0) is 32.0 Å². The standard InChI is InChI=1S/C21H24O6/c1-9(2)19-15(26-19)16-21(27-16)18(3)5-4-10-11(8-24-13(10)7-22)12(18)6-14-20(21,25-14)17(19)23/h8-9,12,14-16,22H,4-7H2,1-3H3/t12-,14-,15-,16-,18-,19-,20+,21+/m0/s1. The summed E-state index contributed by atoms with van der Waals surface area (Å²) in [6, 6.07) is 0. The number of hydrogen-bond donors (Lipinski definition) is 1. The summed E-state index contributed by atoms with van der Waals surface area (Å²) in [5.41, 5.74) is 0.0227. The predicted molar refractivity (Wildman–Crippen MR) is 91.1 cm³/mol. The second-order valence-electron chi connectivity index (χ2n) is 9.89. The molecule has 3 aliphatic carbocycles. The van der Waals surface area contributed by atoms with E-state index in [9.17, 15) is 9.90 Å². The van der Waals surface area contributed by atoms with Crippen LogP contribution in [0.1, 0.15) is 56.4 Å². The van der Waals surface area contributed by atoms with E-state index in [0.29, 0.717) is 5.76 Å². The summed E-state index contributed by atoms with van der Waals surface area (Å²) in [5, 5.41) is 9.60. The number of epoxide rings is 3. The molecule has 0 aromatic carbocycles. The zero-order chi connectivity index (χ0) is 18.6. The third-order valence-corrected chi connectivity index (χ3v) is 8.94. The van der Waals surface area contributed by atoms with Crippen molar-refractivity contribution in [1.29, 1.82) is 0 Å². The van der Waals surface area contributed by atoms with Gasteiger partial charge in [-0.15, -0.1) is 0 Å². The SMILES string of the molecule is CC(C)[C@]12O[C@H]1[C@@H]1O[C@@]13[C@@]1(C)CCc4c(coc4CO)[C@@H]1C[C@@H]1O[C@@]13C2=O. The number of aliphatic hydroxyl groups excluding tert-OH is 1. The quantitative estimate of drug-likeness (QED) is 0.798. The topological polar surface area (TPSA) is 88.0 Å². The van der Waals surface area contributed by atoms with E-state index in [1.807, 2.05) is 6.26 Å². The Morgan fingerprint density at radius 3 is 2.81 bits per heavy atom. The molecule has 2 spiro atoms. The average Bonchev–Trinajstić information content (AvgIpc) is 3.52. The van der Waals surface area contributed by atoms with Crippen molar-refractivity contribution >= 4 is 5.78 Å². The number of aliphatic hydroxyl groups is 1. The first-order chi connectivity index (χ1) is 12.9. The van der Waals surface area contributed by atoms with Crippen LogP contribution >= 0.6 is 0 Å². The summed E-state index contributed by atoms with van der Waals surface area (Å²) in [7, 11) is 0. The molecule has 0 radical (unpaired) electrons. The third kappa shape index (κ3) is 1.27. The summed E-state index contributed by atoms with van der Waals surface area (Å²) >= 11 is 0. The monoisotopic (exact) mass is 372 g/mol. The zero-order valence-electron chi connectivity index (χ0n) is 15.8. The van der Waals surface area contributed by atoms with Crippen molar-refractivity contribution < 1.29 is 28.5 Å². The van der Waals surface area contributed by atoms with Gasteiger partial charge in [0, 0.05) is 5.41 Å². The summed E-state index contributed by atoms with van der Waals surface area (Å²) in [4.78, 5) is 13.7. The highest BCUT2D eigenvalue weighted by Crippen LogP contribution is 2.82. The Hall–Kier alpha value is -1.21. The molecule has 2 saturated carbocycles. The van der Waals surface area contributed by atoms with Gasteiger partial charge in [0.15, 0.2) is 11.2 Å². The summed E-state index contributed by atoms with van der Waals surface area (Å²) in [5.74, 6) is 1.15. The second kappa shape index (κ2) is 4.06. The van der Waals surface area contributed by atoms with Gasteiger partial charge in [0.2, 0.25) is 5.78 Å². The molecule has 0 unspecified atom stereocenters. The molecular formula is C21H24O6. The molecule has 8 atom stereocenters. The van der Waals surface area contributed by atoms with Crippen LogP contribution in [0.25, 0.3) is 0 Å². The zero-order valence-corrected chi connectivity index (χ0v) is 15.8. The first-order valence-electron chi connectivity index (χ1n) is 10.2. The molecule has 0 amide bonds. The fourth-order valence-electron chi connectivity index (χ4n) is 7.48. The van der Waals surface area contributed by atoms with Gasteiger partial charge in [-0.1, -0.05) is 20.8 Å². The fourth-order valence-corrected chi connectivity index (χ4v) is 7.48. The number of furan rings is 1. The van der Waals surface area contributed by atoms with Crippen molar-refractivity contribution in [3.63, 3.8) is 0 Å². The van der Waals surface area contributed by atoms with Gasteiger partial charge in [0.25, 0.3) is 0 Å². The van der Waals surface area contributed by atoms with Gasteiger partial charge < -0.3 is 23.7 Å². The lowest BCUT2D eigenvalue weighted by Crippen LogP contribution is -2.67. The number of carbonyl (C=O) groups is 1. The van der Waals surface area contributed by atoms with Gasteiger partial charge in [-0.25, -0.2) is 0 Å². The number of ether oxygens (including phenoxy) is 3. The molecule has 3 aliphatic heterocycles. The number of fused-ring (bicyclic) bond motifs is 5. The van der Waals surface area contributed by atoms with Crippen LogP contribution in [0.4, 0.5) is 0 Å². The lowest BCUT2D eigenvalue weighted by Gasteiger charge is -2.51. The first kappa shape index (κ1) is 15.7. The molecule has 27 heavy (non-hydrogen) atoms. The van der Waals surface area contributed by atoms with Crippen LogP contribution in [-0.4, -0.2) is 46.0 Å². The normalized spacial score (nSPS) is 55.7. The Morgan fingerprint density at radius 2 is 2.07 bits per heavy atom. The number of hydrogen-bond acceptors (Lipinski definition) is 6. The van der Waals surface area contributed by atoms with Gasteiger partial charge in [-0.05, 0) is 42.2 Å². The van der Waals surface area contributed by atoms with Crippen LogP contribution in [0.3, 0.4) is 0 Å². The van der Waals surface area contributed by atoms with Crippen molar-refractivity contribution in [2.75, 3.05) is 0 Å². The summed E-state index contributed by atoms with van der Waals surface area (Å²) in [6.45, 7) is 6.31. The molecule has 4 heterocycles. The molecule has 0 bridgehead atoms. The van der Waals surface area contributed by atoms with E-state index in [0.717, 1.165) is 24.8 Å². The van der Waals surface area contributed by atoms with Crippen LogP contribution < -0.4 is 0 Å². The van der Waals surface area contributed by atoms with E-state index in [2.05, 4.69) is 20.8 Å². The lowest BCUT2D eigenvalue weighted by molar-refractivity contribution is -0.138. The van der Waals surface area contributed by atoms with Gasteiger partial charge in [0.1, 0.15) is 30.2 Å². The Kier molecular flexibility index (Phi) is 2.36. The molecule has 1 aromatic rings. The van der Waals surface area contributed by atoms with E-state index in [1.165, 1.54) is 5.56 Å². The molecule has 3 saturated heterocycles. The molecule has 6 nitrogen and oxygen atoms in total. The Bertz CT molecular complexity index is 920. The molecule has 6 aliphatic rings. The third-order valence-electron chi connectivity index (χ3n) is 8.94. The Labute approximate surface area is 157 Å². The van der Waals surface area contributed by atoms with Crippen molar-refractivity contribution in [1.82, 2.24) is 0 Å². The Morgan fingerprint density at radius 1 is 1.26 bits per heavy atom. The number of ketones is 1.